The maximum absolute atomic E-state index is 14.2. The Morgan fingerprint density at radius 1 is 1.16 bits per heavy atom. The number of nitrogens with zero attached hydrogens (tertiary/aromatic N) is 2. The van der Waals surface area contributed by atoms with Gasteiger partial charge in [0.15, 0.2) is 0 Å². The molecule has 2 heterocycles. The number of amides is 2. The van der Waals surface area contributed by atoms with Gasteiger partial charge in [0, 0.05) is 23.0 Å². The molecule has 0 N–H and O–H groups in total. The first kappa shape index (κ1) is 22.5. The molecule has 4 rings (SSSR count). The average Bonchev–Trinajstić information content (AvgIpc) is 3.27. The predicted octanol–water partition coefficient (Wildman–Crippen LogP) is 5.57. The summed E-state index contributed by atoms with van der Waals surface area (Å²) in [5.41, 5.74) is 2.07. The van der Waals surface area contributed by atoms with Crippen LogP contribution in [0.1, 0.15) is 45.7 Å². The zero-order valence-electron chi connectivity index (χ0n) is 17.8. The zero-order chi connectivity index (χ0) is 22.7. The van der Waals surface area contributed by atoms with E-state index in [-0.39, 0.29) is 24.1 Å². The minimum Gasteiger partial charge on any atom is -0.330 e. The van der Waals surface area contributed by atoms with Crippen molar-refractivity contribution in [3.63, 3.8) is 0 Å². The summed E-state index contributed by atoms with van der Waals surface area (Å²) in [5.74, 6) is -1.19. The molecule has 0 spiro atoms. The monoisotopic (exact) mass is 470 g/mol. The lowest BCUT2D eigenvalue weighted by atomic mass is 9.93. The van der Waals surface area contributed by atoms with E-state index in [2.05, 4.69) is 6.07 Å². The molecular weight excluding hydrogens is 447 g/mol. The Morgan fingerprint density at radius 3 is 2.62 bits per heavy atom. The molecule has 0 aliphatic carbocycles. The normalized spacial score (nSPS) is 15.3. The van der Waals surface area contributed by atoms with Crippen molar-refractivity contribution in [2.75, 3.05) is 19.6 Å². The minimum atomic E-state index is -0.578. The fourth-order valence-corrected chi connectivity index (χ4v) is 5.20. The molecule has 7 heteroatoms. The van der Waals surface area contributed by atoms with Crippen LogP contribution in [0.4, 0.5) is 4.39 Å². The molecule has 0 saturated heterocycles. The van der Waals surface area contributed by atoms with E-state index in [1.807, 2.05) is 41.5 Å². The second-order valence-electron chi connectivity index (χ2n) is 7.80. The fraction of sp³-hybridized carbons (Fsp3) is 0.280. The van der Waals surface area contributed by atoms with Gasteiger partial charge >= 0.3 is 0 Å². The van der Waals surface area contributed by atoms with Gasteiger partial charge in [0.05, 0.1) is 11.6 Å². The van der Waals surface area contributed by atoms with Gasteiger partial charge in [0.1, 0.15) is 12.4 Å². The zero-order valence-corrected chi connectivity index (χ0v) is 19.3. The van der Waals surface area contributed by atoms with Gasteiger partial charge in [-0.15, -0.1) is 11.3 Å². The first-order chi connectivity index (χ1) is 15.5. The second-order valence-corrected chi connectivity index (χ2v) is 9.23. The molecule has 0 saturated carbocycles. The highest BCUT2D eigenvalue weighted by molar-refractivity contribution is 7.10. The van der Waals surface area contributed by atoms with Crippen molar-refractivity contribution >= 4 is 34.8 Å². The number of thiophene rings is 1. The van der Waals surface area contributed by atoms with Crippen molar-refractivity contribution in [3.05, 3.63) is 92.4 Å². The van der Waals surface area contributed by atoms with Crippen LogP contribution in [0.25, 0.3) is 0 Å². The predicted molar refractivity (Wildman–Crippen MR) is 126 cm³/mol. The lowest BCUT2D eigenvalue weighted by Crippen LogP contribution is -2.47. The average molecular weight is 471 g/mol. The number of benzene rings is 2. The van der Waals surface area contributed by atoms with Crippen LogP contribution in [0.5, 0.6) is 0 Å². The summed E-state index contributed by atoms with van der Waals surface area (Å²) in [6, 6.07) is 15.2. The summed E-state index contributed by atoms with van der Waals surface area (Å²) in [5, 5.41) is 2.68. The first-order valence-corrected chi connectivity index (χ1v) is 11.9. The summed E-state index contributed by atoms with van der Waals surface area (Å²) in [6.45, 7) is 2.78. The summed E-state index contributed by atoms with van der Waals surface area (Å²) in [7, 11) is 0. The lowest BCUT2D eigenvalue weighted by molar-refractivity contribution is -0.134. The van der Waals surface area contributed by atoms with Crippen molar-refractivity contribution in [2.45, 2.75) is 25.8 Å². The number of fused-ring (bicyclic) bond motifs is 1. The molecule has 1 aliphatic heterocycles. The molecule has 0 bridgehead atoms. The third kappa shape index (κ3) is 4.57. The van der Waals surface area contributed by atoms with Gasteiger partial charge in [-0.25, -0.2) is 4.39 Å². The van der Waals surface area contributed by atoms with E-state index in [0.29, 0.717) is 24.5 Å². The van der Waals surface area contributed by atoms with Crippen LogP contribution in [0.2, 0.25) is 5.02 Å². The van der Waals surface area contributed by atoms with Gasteiger partial charge in [-0.1, -0.05) is 42.8 Å². The van der Waals surface area contributed by atoms with Crippen molar-refractivity contribution in [2.24, 2.45) is 0 Å². The molecule has 2 amide bonds. The van der Waals surface area contributed by atoms with E-state index in [1.54, 1.807) is 23.5 Å². The highest BCUT2D eigenvalue weighted by Gasteiger charge is 2.34. The third-order valence-corrected chi connectivity index (χ3v) is 6.93. The maximum Gasteiger partial charge on any atom is 0.257 e. The van der Waals surface area contributed by atoms with Crippen LogP contribution in [0.3, 0.4) is 0 Å². The number of rotatable bonds is 6. The SMILES string of the molecule is CCCN(CC(=O)N1CCc2sccc2C1c1ccc(Cl)cc1)C(=O)c1ccccc1F. The van der Waals surface area contributed by atoms with Crippen molar-refractivity contribution in [1.29, 1.82) is 0 Å². The Balaban J connectivity index is 1.62. The topological polar surface area (TPSA) is 40.6 Å². The molecule has 1 atom stereocenters. The van der Waals surface area contributed by atoms with E-state index >= 15 is 0 Å². The standard InChI is InChI=1S/C25H24ClFN2O2S/c1-2-13-28(25(31)19-5-3-4-6-21(19)27)16-23(30)29-14-11-22-20(12-15-32-22)24(29)17-7-9-18(26)10-8-17/h3-10,12,15,24H,2,11,13-14,16H2,1H3. The molecule has 3 aromatic rings. The Bertz CT molecular complexity index is 1120. The molecular formula is C25H24ClFN2O2S. The molecule has 32 heavy (non-hydrogen) atoms. The molecule has 0 radical (unpaired) electrons. The molecule has 166 valence electrons. The van der Waals surface area contributed by atoms with Gasteiger partial charge in [-0.05, 0) is 59.7 Å². The summed E-state index contributed by atoms with van der Waals surface area (Å²) in [6.07, 6.45) is 1.45. The summed E-state index contributed by atoms with van der Waals surface area (Å²) < 4.78 is 14.2. The molecule has 4 nitrogen and oxygen atoms in total. The second kappa shape index (κ2) is 9.84. The number of carbonyl (C=O) groups excluding carboxylic acids is 2. The van der Waals surface area contributed by atoms with Crippen molar-refractivity contribution < 1.29 is 14.0 Å². The minimum absolute atomic E-state index is 0.0123. The Hall–Kier alpha value is -2.70. The Morgan fingerprint density at radius 2 is 1.91 bits per heavy atom. The highest BCUT2D eigenvalue weighted by Crippen LogP contribution is 2.38. The number of hydrogen-bond acceptors (Lipinski definition) is 3. The smallest absolute Gasteiger partial charge is 0.257 e. The number of halogens is 2. The largest absolute Gasteiger partial charge is 0.330 e. The van der Waals surface area contributed by atoms with Crippen LogP contribution in [-0.4, -0.2) is 41.2 Å². The summed E-state index contributed by atoms with van der Waals surface area (Å²) in [4.78, 5) is 31.1. The van der Waals surface area contributed by atoms with Crippen LogP contribution in [0, 0.1) is 5.82 Å². The van der Waals surface area contributed by atoms with Crippen LogP contribution in [0.15, 0.2) is 60.0 Å². The van der Waals surface area contributed by atoms with E-state index in [9.17, 15) is 14.0 Å². The molecule has 0 fully saturated rings. The van der Waals surface area contributed by atoms with Crippen molar-refractivity contribution in [1.82, 2.24) is 9.80 Å². The van der Waals surface area contributed by atoms with Gasteiger partial charge in [-0.2, -0.15) is 0 Å². The van der Waals surface area contributed by atoms with Gasteiger partial charge < -0.3 is 9.80 Å². The van der Waals surface area contributed by atoms with Crippen LogP contribution < -0.4 is 0 Å². The molecule has 1 aromatic heterocycles. The summed E-state index contributed by atoms with van der Waals surface area (Å²) >= 11 is 7.78. The van der Waals surface area contributed by atoms with Gasteiger partial charge in [-0.3, -0.25) is 9.59 Å². The van der Waals surface area contributed by atoms with E-state index in [4.69, 9.17) is 11.6 Å². The Labute approximate surface area is 196 Å². The van der Waals surface area contributed by atoms with Crippen LogP contribution >= 0.6 is 22.9 Å². The van der Waals surface area contributed by atoms with E-state index in [1.165, 1.54) is 21.9 Å². The molecule has 1 aliphatic rings. The van der Waals surface area contributed by atoms with Crippen molar-refractivity contribution in [3.8, 4) is 0 Å². The van der Waals surface area contributed by atoms with Gasteiger partial charge in [0.2, 0.25) is 5.91 Å². The maximum atomic E-state index is 14.2. The van der Waals surface area contributed by atoms with Gasteiger partial charge in [0.25, 0.3) is 5.91 Å². The fourth-order valence-electron chi connectivity index (χ4n) is 4.17. The quantitative estimate of drug-likeness (QED) is 0.472. The third-order valence-electron chi connectivity index (χ3n) is 5.68. The number of carbonyl (C=O) groups is 2. The van der Waals surface area contributed by atoms with E-state index < -0.39 is 11.7 Å². The van der Waals surface area contributed by atoms with Crippen LogP contribution in [-0.2, 0) is 11.2 Å². The van der Waals surface area contributed by atoms with E-state index in [0.717, 1.165) is 17.5 Å². The Kier molecular flexibility index (Phi) is 6.92. The molecule has 1 unspecified atom stereocenters. The first-order valence-electron chi connectivity index (χ1n) is 10.6. The molecule has 2 aromatic carbocycles. The number of hydrogen-bond donors (Lipinski definition) is 0. The highest BCUT2D eigenvalue weighted by atomic mass is 35.5. The lowest BCUT2D eigenvalue weighted by Gasteiger charge is -2.37.